The molecule has 6 nitrogen and oxygen atoms in total. The predicted octanol–water partition coefficient (Wildman–Crippen LogP) is 3.00. The van der Waals surface area contributed by atoms with Crippen LogP contribution >= 0.6 is 23.2 Å². The van der Waals surface area contributed by atoms with Gasteiger partial charge in [0.1, 0.15) is 6.07 Å². The fraction of sp³-hybridized carbons (Fsp3) is 0.214. The Hall–Kier alpha value is -2.23. The summed E-state index contributed by atoms with van der Waals surface area (Å²) in [5.41, 5.74) is 0.0491. The fourth-order valence-electron chi connectivity index (χ4n) is 1.71. The van der Waals surface area contributed by atoms with Gasteiger partial charge in [0.05, 0.1) is 21.3 Å². The van der Waals surface area contributed by atoms with Gasteiger partial charge in [-0.15, -0.1) is 0 Å². The molecule has 1 aromatic rings. The lowest BCUT2D eigenvalue weighted by Gasteiger charge is -2.29. The first-order valence-corrected chi connectivity index (χ1v) is 6.82. The zero-order valence-corrected chi connectivity index (χ0v) is 13.1. The number of nitrogens with zero attached hydrogens (tertiary/aromatic N) is 1. The maximum Gasteiger partial charge on any atom is 0.350 e. The Labute approximate surface area is 136 Å². The number of benzene rings is 1. The Morgan fingerprint density at radius 3 is 2.36 bits per heavy atom. The molecular formula is C14H10Cl2N2O4. The number of rotatable bonds is 2. The molecule has 1 fully saturated rings. The van der Waals surface area contributed by atoms with Crippen LogP contribution in [0.2, 0.25) is 10.0 Å². The molecule has 0 aliphatic carbocycles. The highest BCUT2D eigenvalue weighted by atomic mass is 35.5. The molecule has 0 saturated carbocycles. The third-order valence-corrected chi connectivity index (χ3v) is 3.50. The number of nitrogens with one attached hydrogen (secondary N) is 1. The van der Waals surface area contributed by atoms with Crippen LogP contribution in [0.4, 0.5) is 5.69 Å². The normalized spacial score (nSPS) is 16.4. The van der Waals surface area contributed by atoms with Crippen molar-refractivity contribution >= 4 is 40.8 Å². The minimum Gasteiger partial charge on any atom is -0.419 e. The van der Waals surface area contributed by atoms with E-state index >= 15 is 0 Å². The number of carbonyl (C=O) groups excluding carboxylic acids is 2. The van der Waals surface area contributed by atoms with Gasteiger partial charge in [-0.3, -0.25) is 0 Å². The molecule has 1 saturated heterocycles. The van der Waals surface area contributed by atoms with E-state index in [2.05, 4.69) is 5.32 Å². The van der Waals surface area contributed by atoms with Crippen molar-refractivity contribution in [3.63, 3.8) is 0 Å². The van der Waals surface area contributed by atoms with Crippen molar-refractivity contribution in [3.8, 4) is 6.07 Å². The lowest BCUT2D eigenvalue weighted by Crippen LogP contribution is -2.42. The maximum atomic E-state index is 11.8. The standard InChI is InChI=1S/C14H10Cl2N2O4/c1-14(2)21-12(19)8(13(20)22-14)6-18-10-4-3-9(15)11(16)7(10)5-17/h3-4,6,18H,1-2H3. The van der Waals surface area contributed by atoms with Gasteiger partial charge in [0.25, 0.3) is 5.79 Å². The molecule has 1 heterocycles. The highest BCUT2D eigenvalue weighted by molar-refractivity contribution is 6.43. The van der Waals surface area contributed by atoms with Gasteiger partial charge in [-0.1, -0.05) is 23.2 Å². The van der Waals surface area contributed by atoms with E-state index in [4.69, 9.17) is 37.9 Å². The molecule has 8 heteroatoms. The Morgan fingerprint density at radius 1 is 1.23 bits per heavy atom. The maximum absolute atomic E-state index is 11.8. The first-order chi connectivity index (χ1) is 10.2. The lowest BCUT2D eigenvalue weighted by molar-refractivity contribution is -0.222. The molecule has 0 radical (unpaired) electrons. The minimum atomic E-state index is -1.31. The van der Waals surface area contributed by atoms with Gasteiger partial charge < -0.3 is 14.8 Å². The summed E-state index contributed by atoms with van der Waals surface area (Å²) < 4.78 is 9.88. The van der Waals surface area contributed by atoms with Gasteiger partial charge in [0.2, 0.25) is 0 Å². The first-order valence-electron chi connectivity index (χ1n) is 6.06. The molecule has 0 amide bonds. The number of esters is 2. The van der Waals surface area contributed by atoms with E-state index < -0.39 is 17.7 Å². The van der Waals surface area contributed by atoms with Crippen molar-refractivity contribution in [1.29, 1.82) is 5.26 Å². The molecule has 22 heavy (non-hydrogen) atoms. The number of ether oxygens (including phenoxy) is 2. The summed E-state index contributed by atoms with van der Waals surface area (Å²) in [5, 5.41) is 12.0. The molecule has 1 aliphatic heterocycles. The summed E-state index contributed by atoms with van der Waals surface area (Å²) in [5.74, 6) is -2.97. The second-order valence-electron chi connectivity index (χ2n) is 4.78. The van der Waals surface area contributed by atoms with Crippen molar-refractivity contribution < 1.29 is 19.1 Å². The zero-order chi connectivity index (χ0) is 16.5. The number of hydrogen-bond acceptors (Lipinski definition) is 6. The van der Waals surface area contributed by atoms with Crippen LogP contribution in [0.5, 0.6) is 0 Å². The van der Waals surface area contributed by atoms with Crippen molar-refractivity contribution in [2.75, 3.05) is 5.32 Å². The van der Waals surface area contributed by atoms with Crippen LogP contribution in [0.1, 0.15) is 19.4 Å². The SMILES string of the molecule is CC1(C)OC(=O)C(=CNc2ccc(Cl)c(Cl)c2C#N)C(=O)O1. The zero-order valence-electron chi connectivity index (χ0n) is 11.6. The Kier molecular flexibility index (Phi) is 4.31. The van der Waals surface area contributed by atoms with Gasteiger partial charge in [-0.05, 0) is 12.1 Å². The van der Waals surface area contributed by atoms with Crippen LogP contribution < -0.4 is 5.32 Å². The topological polar surface area (TPSA) is 88.4 Å². The highest BCUT2D eigenvalue weighted by Gasteiger charge is 2.38. The average Bonchev–Trinajstić information content (AvgIpc) is 2.40. The second kappa shape index (κ2) is 5.87. The van der Waals surface area contributed by atoms with E-state index in [-0.39, 0.29) is 26.9 Å². The van der Waals surface area contributed by atoms with E-state index in [1.54, 1.807) is 0 Å². The molecule has 0 unspecified atom stereocenters. The van der Waals surface area contributed by atoms with Crippen molar-refractivity contribution in [2.45, 2.75) is 19.6 Å². The molecule has 0 bridgehead atoms. The van der Waals surface area contributed by atoms with E-state index in [1.165, 1.54) is 26.0 Å². The molecule has 114 valence electrons. The summed E-state index contributed by atoms with van der Waals surface area (Å²) in [6.45, 7) is 2.89. The summed E-state index contributed by atoms with van der Waals surface area (Å²) >= 11 is 11.7. The third kappa shape index (κ3) is 3.16. The smallest absolute Gasteiger partial charge is 0.350 e. The van der Waals surface area contributed by atoms with Crippen LogP contribution in [0.3, 0.4) is 0 Å². The van der Waals surface area contributed by atoms with Gasteiger partial charge >= 0.3 is 11.9 Å². The number of cyclic esters (lactones) is 2. The Balaban J connectivity index is 2.30. The van der Waals surface area contributed by atoms with E-state index in [9.17, 15) is 9.59 Å². The highest BCUT2D eigenvalue weighted by Crippen LogP contribution is 2.31. The molecule has 2 rings (SSSR count). The van der Waals surface area contributed by atoms with Crippen LogP contribution in [0.25, 0.3) is 0 Å². The number of carbonyl (C=O) groups is 2. The van der Waals surface area contributed by atoms with E-state index in [0.29, 0.717) is 0 Å². The Bertz CT molecular complexity index is 713. The molecule has 1 aromatic carbocycles. The molecular weight excluding hydrogens is 331 g/mol. The molecule has 0 atom stereocenters. The van der Waals surface area contributed by atoms with E-state index in [0.717, 1.165) is 6.20 Å². The van der Waals surface area contributed by atoms with Gasteiger partial charge in [0, 0.05) is 20.0 Å². The third-order valence-electron chi connectivity index (χ3n) is 2.70. The first kappa shape index (κ1) is 16.1. The van der Waals surface area contributed by atoms with Crippen LogP contribution in [-0.4, -0.2) is 17.7 Å². The average molecular weight is 341 g/mol. The summed E-state index contributed by atoms with van der Waals surface area (Å²) in [6.07, 6.45) is 1.10. The van der Waals surface area contributed by atoms with Crippen LogP contribution in [0, 0.1) is 11.3 Å². The fourth-order valence-corrected chi connectivity index (χ4v) is 2.07. The van der Waals surface area contributed by atoms with Gasteiger partial charge in [-0.2, -0.15) is 5.26 Å². The molecule has 1 aliphatic rings. The second-order valence-corrected chi connectivity index (χ2v) is 5.56. The number of anilines is 1. The molecule has 0 spiro atoms. The van der Waals surface area contributed by atoms with Crippen LogP contribution in [-0.2, 0) is 19.1 Å². The van der Waals surface area contributed by atoms with Gasteiger partial charge in [0.15, 0.2) is 5.57 Å². The number of halogens is 2. The largest absolute Gasteiger partial charge is 0.419 e. The van der Waals surface area contributed by atoms with Crippen LogP contribution in [0.15, 0.2) is 23.9 Å². The summed E-state index contributed by atoms with van der Waals surface area (Å²) in [4.78, 5) is 23.5. The minimum absolute atomic E-state index is 0.0718. The summed E-state index contributed by atoms with van der Waals surface area (Å²) in [7, 11) is 0. The Morgan fingerprint density at radius 2 is 1.82 bits per heavy atom. The van der Waals surface area contributed by atoms with Crippen molar-refractivity contribution in [2.24, 2.45) is 0 Å². The number of hydrogen-bond donors (Lipinski definition) is 1. The lowest BCUT2D eigenvalue weighted by atomic mass is 10.2. The number of nitriles is 1. The van der Waals surface area contributed by atoms with Crippen molar-refractivity contribution in [3.05, 3.63) is 39.5 Å². The molecule has 0 aromatic heterocycles. The monoisotopic (exact) mass is 340 g/mol. The quantitative estimate of drug-likeness (QED) is 0.505. The van der Waals surface area contributed by atoms with Crippen molar-refractivity contribution in [1.82, 2.24) is 0 Å². The molecule has 1 N–H and O–H groups in total. The summed E-state index contributed by atoms with van der Waals surface area (Å²) in [6, 6.07) is 4.86. The predicted molar refractivity (Wildman–Crippen MR) is 79.1 cm³/mol. The van der Waals surface area contributed by atoms with E-state index in [1.807, 2.05) is 6.07 Å². The van der Waals surface area contributed by atoms with Gasteiger partial charge in [-0.25, -0.2) is 9.59 Å².